The average Bonchev–Trinajstić information content (AvgIpc) is 2.46. The van der Waals surface area contributed by atoms with Gasteiger partial charge in [-0.2, -0.15) is 0 Å². The number of imidazole rings is 1. The van der Waals surface area contributed by atoms with Crippen LogP contribution >= 0.6 is 11.6 Å². The second-order valence-electron chi connectivity index (χ2n) is 2.40. The monoisotopic (exact) mass is 197 g/mol. The number of nitrogens with zero attached hydrogens (tertiary/aromatic N) is 3. The largest absolute Gasteiger partial charge is 0.476 e. The van der Waals surface area contributed by atoms with Crippen LogP contribution in [0.4, 0.5) is 0 Å². The average molecular weight is 198 g/mol. The number of carboxylic acids is 1. The van der Waals surface area contributed by atoms with Gasteiger partial charge in [-0.3, -0.25) is 4.40 Å². The highest BCUT2D eigenvalue weighted by molar-refractivity contribution is 6.30. The number of hydrogen-bond acceptors (Lipinski definition) is 3. The maximum atomic E-state index is 10.6. The fourth-order valence-corrected chi connectivity index (χ4v) is 1.17. The van der Waals surface area contributed by atoms with Crippen LogP contribution in [0.2, 0.25) is 5.02 Å². The summed E-state index contributed by atoms with van der Waals surface area (Å²) < 4.78 is 1.46. The van der Waals surface area contributed by atoms with Gasteiger partial charge in [0.1, 0.15) is 6.33 Å². The predicted octanol–water partition coefficient (Wildman–Crippen LogP) is 1.08. The number of fused-ring (bicyclic) bond motifs is 1. The van der Waals surface area contributed by atoms with Crippen molar-refractivity contribution < 1.29 is 9.90 Å². The van der Waals surface area contributed by atoms with Crippen LogP contribution in [0, 0.1) is 0 Å². The fourth-order valence-electron chi connectivity index (χ4n) is 1.02. The zero-order chi connectivity index (χ0) is 9.42. The zero-order valence-electron chi connectivity index (χ0n) is 6.31. The van der Waals surface area contributed by atoms with Gasteiger partial charge < -0.3 is 5.11 Å². The Morgan fingerprint density at radius 1 is 1.54 bits per heavy atom. The molecule has 0 radical (unpaired) electrons. The van der Waals surface area contributed by atoms with Crippen molar-refractivity contribution in [2.24, 2.45) is 0 Å². The molecule has 66 valence electrons. The molecule has 2 aromatic rings. The predicted molar refractivity (Wildman–Crippen MR) is 45.0 cm³/mol. The van der Waals surface area contributed by atoms with E-state index in [1.807, 2.05) is 0 Å². The number of aromatic carboxylic acids is 1. The second-order valence-corrected chi connectivity index (χ2v) is 2.84. The molecule has 0 saturated heterocycles. The van der Waals surface area contributed by atoms with Crippen molar-refractivity contribution in [1.82, 2.24) is 14.4 Å². The lowest BCUT2D eigenvalue weighted by molar-refractivity contribution is 0.0693. The number of carbonyl (C=O) groups is 1. The van der Waals surface area contributed by atoms with Crippen LogP contribution in [0.3, 0.4) is 0 Å². The number of carboxylic acid groups (broad SMARTS) is 1. The normalized spacial score (nSPS) is 10.5. The molecule has 2 heterocycles. The first-order chi connectivity index (χ1) is 6.18. The van der Waals surface area contributed by atoms with Crippen LogP contribution in [0.5, 0.6) is 0 Å². The van der Waals surface area contributed by atoms with Gasteiger partial charge in [-0.1, -0.05) is 11.6 Å². The molecule has 6 heteroatoms. The van der Waals surface area contributed by atoms with E-state index in [1.54, 1.807) is 6.20 Å². The maximum absolute atomic E-state index is 10.6. The summed E-state index contributed by atoms with van der Waals surface area (Å²) in [6.45, 7) is 0. The van der Waals surface area contributed by atoms with Crippen LogP contribution in [-0.2, 0) is 0 Å². The summed E-state index contributed by atoms with van der Waals surface area (Å²) in [5.41, 5.74) is 0.216. The molecule has 0 aliphatic rings. The number of hydrogen-bond donors (Lipinski definition) is 1. The van der Waals surface area contributed by atoms with E-state index in [9.17, 15) is 4.79 Å². The SMILES string of the molecule is O=C(O)c1ncn2cc(Cl)cnc12. The first-order valence-corrected chi connectivity index (χ1v) is 3.78. The highest BCUT2D eigenvalue weighted by Crippen LogP contribution is 2.10. The Morgan fingerprint density at radius 3 is 3.00 bits per heavy atom. The summed E-state index contributed by atoms with van der Waals surface area (Å²) in [6, 6.07) is 0. The first kappa shape index (κ1) is 8.00. The van der Waals surface area contributed by atoms with Crippen molar-refractivity contribution in [3.05, 3.63) is 29.4 Å². The van der Waals surface area contributed by atoms with Gasteiger partial charge in [0, 0.05) is 12.4 Å². The Balaban J connectivity index is 2.76. The minimum atomic E-state index is -1.10. The maximum Gasteiger partial charge on any atom is 0.358 e. The number of aromatic nitrogens is 3. The van der Waals surface area contributed by atoms with Gasteiger partial charge in [-0.05, 0) is 0 Å². The molecule has 0 saturated carbocycles. The fraction of sp³-hybridized carbons (Fsp3) is 0. The molecular formula is C7H4ClN3O2. The van der Waals surface area contributed by atoms with Crippen molar-refractivity contribution in [3.8, 4) is 0 Å². The van der Waals surface area contributed by atoms with Gasteiger partial charge >= 0.3 is 5.97 Å². The lowest BCUT2D eigenvalue weighted by Crippen LogP contribution is -1.98. The quantitative estimate of drug-likeness (QED) is 0.743. The van der Waals surface area contributed by atoms with Gasteiger partial charge in [-0.15, -0.1) is 0 Å². The molecule has 0 aliphatic carbocycles. The summed E-state index contributed by atoms with van der Waals surface area (Å²) in [4.78, 5) is 18.1. The molecule has 0 unspecified atom stereocenters. The minimum Gasteiger partial charge on any atom is -0.476 e. The van der Waals surface area contributed by atoms with E-state index in [0.29, 0.717) is 5.02 Å². The van der Waals surface area contributed by atoms with Crippen LogP contribution in [0.1, 0.15) is 10.5 Å². The van der Waals surface area contributed by atoms with Crippen molar-refractivity contribution >= 4 is 23.2 Å². The molecule has 0 fully saturated rings. The van der Waals surface area contributed by atoms with E-state index in [1.165, 1.54) is 16.9 Å². The van der Waals surface area contributed by atoms with Gasteiger partial charge in [-0.25, -0.2) is 14.8 Å². The van der Waals surface area contributed by atoms with Crippen LogP contribution < -0.4 is 0 Å². The third-order valence-electron chi connectivity index (χ3n) is 1.54. The van der Waals surface area contributed by atoms with Crippen LogP contribution in [0.25, 0.3) is 5.65 Å². The smallest absolute Gasteiger partial charge is 0.358 e. The Kier molecular flexibility index (Phi) is 1.66. The van der Waals surface area contributed by atoms with Crippen molar-refractivity contribution in [1.29, 1.82) is 0 Å². The Labute approximate surface area is 77.6 Å². The standard InChI is InChI=1S/C7H4ClN3O2/c8-4-1-9-6-5(7(12)13)10-3-11(6)2-4/h1-3H,(H,12,13). The molecule has 0 amide bonds. The molecule has 2 rings (SSSR count). The van der Waals surface area contributed by atoms with E-state index in [4.69, 9.17) is 16.7 Å². The Bertz CT molecular complexity index is 480. The summed E-state index contributed by atoms with van der Waals surface area (Å²) >= 11 is 5.65. The summed E-state index contributed by atoms with van der Waals surface area (Å²) in [6.07, 6.45) is 4.28. The lowest BCUT2D eigenvalue weighted by Gasteiger charge is -1.93. The van der Waals surface area contributed by atoms with E-state index in [-0.39, 0.29) is 11.3 Å². The lowest BCUT2D eigenvalue weighted by atomic mass is 10.4. The van der Waals surface area contributed by atoms with Gasteiger partial charge in [0.25, 0.3) is 0 Å². The highest BCUT2D eigenvalue weighted by atomic mass is 35.5. The van der Waals surface area contributed by atoms with Crippen molar-refractivity contribution in [3.63, 3.8) is 0 Å². The molecule has 0 spiro atoms. The molecule has 0 bridgehead atoms. The van der Waals surface area contributed by atoms with Crippen molar-refractivity contribution in [2.75, 3.05) is 0 Å². The third-order valence-corrected chi connectivity index (χ3v) is 1.74. The number of halogens is 1. The molecule has 0 atom stereocenters. The summed E-state index contributed by atoms with van der Waals surface area (Å²) in [5, 5.41) is 9.12. The molecular weight excluding hydrogens is 194 g/mol. The Morgan fingerprint density at radius 2 is 2.31 bits per heavy atom. The van der Waals surface area contributed by atoms with E-state index in [2.05, 4.69) is 9.97 Å². The minimum absolute atomic E-state index is 0.0725. The van der Waals surface area contributed by atoms with Crippen LogP contribution in [-0.4, -0.2) is 25.4 Å². The molecule has 0 aliphatic heterocycles. The molecule has 13 heavy (non-hydrogen) atoms. The number of rotatable bonds is 1. The van der Waals surface area contributed by atoms with Gasteiger partial charge in [0.05, 0.1) is 5.02 Å². The molecule has 1 N–H and O–H groups in total. The topological polar surface area (TPSA) is 67.5 Å². The van der Waals surface area contributed by atoms with Gasteiger partial charge in [0.2, 0.25) is 0 Å². The third kappa shape index (κ3) is 1.23. The summed E-state index contributed by atoms with van der Waals surface area (Å²) in [5.74, 6) is -1.10. The molecule has 2 aromatic heterocycles. The molecule has 0 aromatic carbocycles. The van der Waals surface area contributed by atoms with E-state index >= 15 is 0 Å². The van der Waals surface area contributed by atoms with Crippen LogP contribution in [0.15, 0.2) is 18.7 Å². The summed E-state index contributed by atoms with van der Waals surface area (Å²) in [7, 11) is 0. The first-order valence-electron chi connectivity index (χ1n) is 3.40. The van der Waals surface area contributed by atoms with Gasteiger partial charge in [0.15, 0.2) is 11.3 Å². The second kappa shape index (κ2) is 2.70. The van der Waals surface area contributed by atoms with Crippen molar-refractivity contribution in [2.45, 2.75) is 0 Å². The Hall–Kier alpha value is -1.62. The zero-order valence-corrected chi connectivity index (χ0v) is 7.06. The van der Waals surface area contributed by atoms with E-state index < -0.39 is 5.97 Å². The molecule has 5 nitrogen and oxygen atoms in total. The van der Waals surface area contributed by atoms with E-state index in [0.717, 1.165) is 0 Å². The highest BCUT2D eigenvalue weighted by Gasteiger charge is 2.12.